The van der Waals surface area contributed by atoms with E-state index in [4.69, 9.17) is 24.0 Å². The first kappa shape index (κ1) is 28.1. The first-order chi connectivity index (χ1) is 19.6. The third-order valence-electron chi connectivity index (χ3n) is 5.82. The SMILES string of the molecule is C=Cc1ccc(C(=O)Oc2ccc3cc(C(=O)Oc4ccc(OCCCCOO/C=C\C)cc4)ccc3c2)cc1. The van der Waals surface area contributed by atoms with Crippen LogP contribution in [0.2, 0.25) is 0 Å². The van der Waals surface area contributed by atoms with Gasteiger partial charge < -0.3 is 19.1 Å². The average molecular weight is 539 g/mol. The molecule has 0 amide bonds. The number of esters is 2. The first-order valence-electron chi connectivity index (χ1n) is 12.9. The summed E-state index contributed by atoms with van der Waals surface area (Å²) in [6.45, 7) is 6.57. The molecule has 0 atom stereocenters. The summed E-state index contributed by atoms with van der Waals surface area (Å²) in [5.74, 6) is 0.577. The van der Waals surface area contributed by atoms with E-state index in [2.05, 4.69) is 6.58 Å². The average Bonchev–Trinajstić information content (AvgIpc) is 2.99. The van der Waals surface area contributed by atoms with Gasteiger partial charge in [0.25, 0.3) is 0 Å². The van der Waals surface area contributed by atoms with Crippen molar-refractivity contribution < 1.29 is 33.6 Å². The smallest absolute Gasteiger partial charge is 0.343 e. The predicted octanol–water partition coefficient (Wildman–Crippen LogP) is 7.56. The van der Waals surface area contributed by atoms with Crippen LogP contribution in [0.5, 0.6) is 17.2 Å². The van der Waals surface area contributed by atoms with Crippen LogP contribution in [0.25, 0.3) is 16.8 Å². The summed E-state index contributed by atoms with van der Waals surface area (Å²) in [4.78, 5) is 35.0. The van der Waals surface area contributed by atoms with E-state index in [0.717, 1.165) is 29.2 Å². The second-order valence-corrected chi connectivity index (χ2v) is 8.74. The lowest BCUT2D eigenvalue weighted by Gasteiger charge is -2.09. The van der Waals surface area contributed by atoms with E-state index in [9.17, 15) is 9.59 Å². The number of carbonyl (C=O) groups excluding carboxylic acids is 2. The quantitative estimate of drug-likeness (QED) is 0.0434. The van der Waals surface area contributed by atoms with Crippen LogP contribution in [0.4, 0.5) is 0 Å². The molecule has 40 heavy (non-hydrogen) atoms. The van der Waals surface area contributed by atoms with Crippen LogP contribution in [-0.2, 0) is 9.78 Å². The highest BCUT2D eigenvalue weighted by Gasteiger charge is 2.12. The number of ether oxygens (including phenoxy) is 3. The van der Waals surface area contributed by atoms with E-state index in [1.165, 1.54) is 6.26 Å². The number of hydrogen-bond acceptors (Lipinski definition) is 7. The molecule has 0 aromatic heterocycles. The minimum atomic E-state index is -0.478. The van der Waals surface area contributed by atoms with Gasteiger partial charge in [0.1, 0.15) is 23.5 Å². The van der Waals surface area contributed by atoms with Crippen molar-refractivity contribution in [2.75, 3.05) is 13.2 Å². The molecule has 0 N–H and O–H groups in total. The number of fused-ring (bicyclic) bond motifs is 1. The van der Waals surface area contributed by atoms with E-state index in [0.29, 0.717) is 41.6 Å². The lowest BCUT2D eigenvalue weighted by molar-refractivity contribution is -0.249. The van der Waals surface area contributed by atoms with Gasteiger partial charge in [-0.2, -0.15) is 4.89 Å². The molecule has 0 bridgehead atoms. The second-order valence-electron chi connectivity index (χ2n) is 8.74. The molecule has 0 aliphatic rings. The van der Waals surface area contributed by atoms with Crippen molar-refractivity contribution in [2.45, 2.75) is 19.8 Å². The molecule has 204 valence electrons. The Morgan fingerprint density at radius 1 is 0.700 bits per heavy atom. The monoisotopic (exact) mass is 538 g/mol. The zero-order valence-corrected chi connectivity index (χ0v) is 22.2. The van der Waals surface area contributed by atoms with Gasteiger partial charge in [-0.25, -0.2) is 9.59 Å². The molecule has 0 heterocycles. The van der Waals surface area contributed by atoms with Gasteiger partial charge in [-0.1, -0.05) is 36.9 Å². The minimum absolute atomic E-state index is 0.403. The van der Waals surface area contributed by atoms with Crippen LogP contribution in [0.15, 0.2) is 104 Å². The number of carbonyl (C=O) groups is 2. The van der Waals surface area contributed by atoms with Crippen LogP contribution < -0.4 is 14.2 Å². The Morgan fingerprint density at radius 2 is 1.30 bits per heavy atom. The molecule has 4 rings (SSSR count). The summed E-state index contributed by atoms with van der Waals surface area (Å²) in [5, 5.41) is 1.63. The second kappa shape index (κ2) is 14.3. The summed E-state index contributed by atoms with van der Waals surface area (Å²) in [5.41, 5.74) is 1.77. The molecule has 0 radical (unpaired) electrons. The van der Waals surface area contributed by atoms with Gasteiger partial charge in [0.05, 0.1) is 24.3 Å². The van der Waals surface area contributed by atoms with Gasteiger partial charge in [0.15, 0.2) is 0 Å². The van der Waals surface area contributed by atoms with Crippen molar-refractivity contribution in [3.05, 3.63) is 121 Å². The minimum Gasteiger partial charge on any atom is -0.494 e. The lowest BCUT2D eigenvalue weighted by Crippen LogP contribution is -2.09. The van der Waals surface area contributed by atoms with Gasteiger partial charge >= 0.3 is 11.9 Å². The van der Waals surface area contributed by atoms with E-state index in [1.807, 2.05) is 6.92 Å². The molecule has 7 nitrogen and oxygen atoms in total. The van der Waals surface area contributed by atoms with Crippen molar-refractivity contribution in [3.63, 3.8) is 0 Å². The van der Waals surface area contributed by atoms with Gasteiger partial charge in [0.2, 0.25) is 0 Å². The van der Waals surface area contributed by atoms with Gasteiger partial charge in [-0.05, 0) is 103 Å². The molecule has 4 aromatic rings. The van der Waals surface area contributed by atoms with E-state index in [1.54, 1.807) is 97.1 Å². The highest BCUT2D eigenvalue weighted by Crippen LogP contribution is 2.24. The summed E-state index contributed by atoms with van der Waals surface area (Å²) in [6.07, 6.45) is 6.55. The molecular formula is C33H30O7. The highest BCUT2D eigenvalue weighted by atomic mass is 17.2. The maximum Gasteiger partial charge on any atom is 0.343 e. The number of allylic oxidation sites excluding steroid dienone is 1. The number of rotatable bonds is 13. The van der Waals surface area contributed by atoms with Crippen molar-refractivity contribution in [2.24, 2.45) is 0 Å². The zero-order valence-electron chi connectivity index (χ0n) is 22.2. The highest BCUT2D eigenvalue weighted by molar-refractivity contribution is 5.97. The van der Waals surface area contributed by atoms with Crippen LogP contribution in [-0.4, -0.2) is 25.2 Å². The third kappa shape index (κ3) is 8.06. The van der Waals surface area contributed by atoms with Gasteiger partial charge in [0, 0.05) is 0 Å². The molecule has 0 aliphatic heterocycles. The Labute approximate surface area is 233 Å². The van der Waals surface area contributed by atoms with E-state index < -0.39 is 11.9 Å². The van der Waals surface area contributed by atoms with Crippen molar-refractivity contribution in [1.82, 2.24) is 0 Å². The van der Waals surface area contributed by atoms with Crippen LogP contribution in [0.1, 0.15) is 46.0 Å². The fourth-order valence-corrected chi connectivity index (χ4v) is 3.70. The largest absolute Gasteiger partial charge is 0.494 e. The molecular weight excluding hydrogens is 508 g/mol. The van der Waals surface area contributed by atoms with Crippen molar-refractivity contribution >= 4 is 28.8 Å². The Balaban J connectivity index is 1.28. The Bertz CT molecular complexity index is 1470. The van der Waals surface area contributed by atoms with Crippen LogP contribution >= 0.6 is 0 Å². The molecule has 0 fully saturated rings. The molecule has 4 aromatic carbocycles. The Morgan fingerprint density at radius 3 is 2.05 bits per heavy atom. The van der Waals surface area contributed by atoms with Crippen LogP contribution in [0, 0.1) is 0 Å². The lowest BCUT2D eigenvalue weighted by atomic mass is 10.1. The van der Waals surface area contributed by atoms with Gasteiger partial charge in [-0.15, -0.1) is 0 Å². The maximum absolute atomic E-state index is 12.7. The summed E-state index contributed by atoms with van der Waals surface area (Å²) < 4.78 is 16.8. The topological polar surface area (TPSA) is 80.3 Å². The maximum atomic E-state index is 12.7. The molecule has 0 aliphatic carbocycles. The zero-order chi connectivity index (χ0) is 28.2. The fraction of sp³-hybridized carbons (Fsp3) is 0.152. The van der Waals surface area contributed by atoms with E-state index in [-0.39, 0.29) is 0 Å². The standard InChI is InChI=1S/C33H30O7/c1-3-19-37-38-21-6-5-20-36-29-15-17-30(18-16-29)39-33(35)28-12-11-27-23-31(14-13-26(27)22-28)40-32(34)25-9-7-24(4-2)8-10-25/h3-4,7-19,22-23H,2,5-6,20-21H2,1H3/b19-3-. The fourth-order valence-electron chi connectivity index (χ4n) is 3.70. The summed E-state index contributed by atoms with van der Waals surface area (Å²) in [6, 6.07) is 24.3. The third-order valence-corrected chi connectivity index (χ3v) is 5.82. The molecule has 0 saturated heterocycles. The number of hydrogen-bond donors (Lipinski definition) is 0. The van der Waals surface area contributed by atoms with Crippen molar-refractivity contribution in [3.8, 4) is 17.2 Å². The summed E-state index contributed by atoms with van der Waals surface area (Å²) >= 11 is 0. The predicted molar refractivity (Wildman–Crippen MR) is 153 cm³/mol. The Kier molecular flexibility index (Phi) is 10.1. The Hall–Kier alpha value is -4.88. The molecule has 0 saturated carbocycles. The molecule has 0 spiro atoms. The van der Waals surface area contributed by atoms with E-state index >= 15 is 0 Å². The van der Waals surface area contributed by atoms with Gasteiger partial charge in [-0.3, -0.25) is 0 Å². The number of benzene rings is 4. The molecule has 0 unspecified atom stereocenters. The molecule has 7 heteroatoms. The summed E-state index contributed by atoms with van der Waals surface area (Å²) in [7, 11) is 0. The number of unbranched alkanes of at least 4 members (excludes halogenated alkanes) is 1. The first-order valence-corrected chi connectivity index (χ1v) is 12.9. The van der Waals surface area contributed by atoms with Crippen molar-refractivity contribution in [1.29, 1.82) is 0 Å². The van der Waals surface area contributed by atoms with Crippen LogP contribution in [0.3, 0.4) is 0 Å². The normalized spacial score (nSPS) is 10.8.